The van der Waals surface area contributed by atoms with Gasteiger partial charge in [-0.1, -0.05) is 36.4 Å². The lowest BCUT2D eigenvalue weighted by Gasteiger charge is -2.17. The van der Waals surface area contributed by atoms with Gasteiger partial charge < -0.3 is 15.3 Å². The number of hydrazine groups is 1. The van der Waals surface area contributed by atoms with Gasteiger partial charge in [-0.15, -0.1) is 0 Å². The molecule has 2 aromatic rings. The van der Waals surface area contributed by atoms with Crippen LogP contribution in [0.2, 0.25) is 0 Å². The average Bonchev–Trinajstić information content (AvgIpc) is 3.20. The summed E-state index contributed by atoms with van der Waals surface area (Å²) in [5.74, 6) is 4.59. The Kier molecular flexibility index (Phi) is 7.19. The Morgan fingerprint density at radius 1 is 1.18 bits per heavy atom. The fourth-order valence-electron chi connectivity index (χ4n) is 3.18. The Balaban J connectivity index is 1.49. The van der Waals surface area contributed by atoms with Crippen LogP contribution in [0.15, 0.2) is 48.5 Å². The second-order valence-corrected chi connectivity index (χ2v) is 6.82. The third-order valence-electron chi connectivity index (χ3n) is 4.77. The zero-order valence-corrected chi connectivity index (χ0v) is 15.7. The van der Waals surface area contributed by atoms with Gasteiger partial charge in [0, 0.05) is 12.1 Å². The van der Waals surface area contributed by atoms with Gasteiger partial charge in [-0.3, -0.25) is 15.0 Å². The van der Waals surface area contributed by atoms with E-state index in [1.54, 1.807) is 6.07 Å². The summed E-state index contributed by atoms with van der Waals surface area (Å²) >= 11 is 0. The highest BCUT2D eigenvalue weighted by Crippen LogP contribution is 2.10. The highest BCUT2D eigenvalue weighted by molar-refractivity contribution is 6.48. The van der Waals surface area contributed by atoms with Crippen LogP contribution in [0.3, 0.4) is 0 Å². The number of carbonyl (C=O) groups is 2. The number of hydrogen-bond acceptors (Lipinski definition) is 5. The van der Waals surface area contributed by atoms with Crippen LogP contribution in [0.25, 0.3) is 0 Å². The fraction of sp³-hybridized carbons (Fsp3) is 0.300. The monoisotopic (exact) mass is 380 g/mol. The molecule has 1 atom stereocenters. The van der Waals surface area contributed by atoms with Crippen molar-refractivity contribution in [2.75, 3.05) is 6.54 Å². The number of nitrogens with one attached hydrogen (secondary N) is 3. The maximum Gasteiger partial charge on any atom is 0.309 e. The lowest BCUT2D eigenvalue weighted by atomic mass is 9.86. The molecule has 146 valence electrons. The van der Waals surface area contributed by atoms with Crippen molar-refractivity contribution >= 4 is 24.8 Å². The van der Waals surface area contributed by atoms with Gasteiger partial charge in [-0.2, -0.15) is 0 Å². The van der Waals surface area contributed by atoms with E-state index in [0.717, 1.165) is 30.5 Å². The number of amides is 2. The lowest BCUT2D eigenvalue weighted by molar-refractivity contribution is -0.123. The average molecular weight is 380 g/mol. The van der Waals surface area contributed by atoms with E-state index >= 15 is 0 Å². The van der Waals surface area contributed by atoms with Crippen LogP contribution in [-0.2, 0) is 22.6 Å². The normalized spacial score (nSPS) is 13.3. The summed E-state index contributed by atoms with van der Waals surface area (Å²) in [5, 5.41) is 6.12. The van der Waals surface area contributed by atoms with E-state index in [1.165, 1.54) is 5.56 Å². The second-order valence-electron chi connectivity index (χ2n) is 6.82. The molecule has 0 saturated carbocycles. The first-order valence-corrected chi connectivity index (χ1v) is 9.43. The molecule has 0 bridgehead atoms. The molecule has 0 radical (unpaired) electrons. The van der Waals surface area contributed by atoms with Gasteiger partial charge in [0.25, 0.3) is 11.8 Å². The summed E-state index contributed by atoms with van der Waals surface area (Å²) in [6, 6.07) is 14.9. The summed E-state index contributed by atoms with van der Waals surface area (Å²) in [4.78, 5) is 24.6. The Labute approximate surface area is 165 Å². The minimum absolute atomic E-state index is 0.291. The maximum atomic E-state index is 12.6. The summed E-state index contributed by atoms with van der Waals surface area (Å²) < 4.78 is 5.38. The van der Waals surface area contributed by atoms with Crippen molar-refractivity contribution < 1.29 is 14.2 Å². The van der Waals surface area contributed by atoms with Gasteiger partial charge >= 0.3 is 7.48 Å². The molecule has 1 aliphatic rings. The molecule has 1 aliphatic heterocycles. The van der Waals surface area contributed by atoms with Crippen molar-refractivity contribution in [3.05, 3.63) is 65.2 Å². The van der Waals surface area contributed by atoms with E-state index in [9.17, 15) is 9.59 Å². The van der Waals surface area contributed by atoms with Crippen LogP contribution >= 0.6 is 0 Å². The highest BCUT2D eigenvalue weighted by atomic mass is 16.4. The summed E-state index contributed by atoms with van der Waals surface area (Å²) in [6.07, 6.45) is 1.22. The van der Waals surface area contributed by atoms with Crippen molar-refractivity contribution in [2.45, 2.75) is 32.0 Å². The van der Waals surface area contributed by atoms with Crippen LogP contribution < -0.4 is 27.4 Å². The SMILES string of the molecule is NNC(=O)[C@H](CCCNCc1ccccc1)NC(=O)c1ccc2c(c1)COB2. The van der Waals surface area contributed by atoms with Crippen molar-refractivity contribution in [3.8, 4) is 0 Å². The molecule has 0 fully saturated rings. The van der Waals surface area contributed by atoms with Crippen molar-refractivity contribution in [1.82, 2.24) is 16.1 Å². The first-order chi connectivity index (χ1) is 13.7. The van der Waals surface area contributed by atoms with Gasteiger partial charge in [-0.05, 0) is 48.1 Å². The Morgan fingerprint density at radius 3 is 2.79 bits per heavy atom. The summed E-state index contributed by atoms with van der Waals surface area (Å²) in [7, 11) is 0.575. The quantitative estimate of drug-likeness (QED) is 0.159. The number of hydrogen-bond donors (Lipinski definition) is 4. The van der Waals surface area contributed by atoms with Crippen LogP contribution in [0.5, 0.6) is 0 Å². The molecule has 2 amide bonds. The molecule has 0 aromatic heterocycles. The predicted molar refractivity (Wildman–Crippen MR) is 109 cm³/mol. The van der Waals surface area contributed by atoms with Gasteiger partial charge in [0.1, 0.15) is 6.04 Å². The number of fused-ring (bicyclic) bond motifs is 1. The van der Waals surface area contributed by atoms with Gasteiger partial charge in [-0.25, -0.2) is 5.84 Å². The number of carbonyl (C=O) groups excluding carboxylic acids is 2. The van der Waals surface area contributed by atoms with E-state index in [0.29, 0.717) is 26.1 Å². The molecule has 3 rings (SSSR count). The second kappa shape index (κ2) is 10.0. The lowest BCUT2D eigenvalue weighted by Crippen LogP contribution is -2.49. The van der Waals surface area contributed by atoms with Crippen LogP contribution in [0.1, 0.15) is 34.3 Å². The fourth-order valence-corrected chi connectivity index (χ4v) is 3.18. The van der Waals surface area contributed by atoms with Crippen molar-refractivity contribution in [3.63, 3.8) is 0 Å². The zero-order chi connectivity index (χ0) is 19.8. The first-order valence-electron chi connectivity index (χ1n) is 9.43. The molecular weight excluding hydrogens is 355 g/mol. The summed E-state index contributed by atoms with van der Waals surface area (Å²) in [5.41, 5.74) is 5.96. The van der Waals surface area contributed by atoms with Gasteiger partial charge in [0.05, 0.1) is 6.61 Å². The molecule has 0 unspecified atom stereocenters. The minimum atomic E-state index is -0.680. The predicted octanol–water partition coefficient (Wildman–Crippen LogP) is -0.148. The smallest absolute Gasteiger partial charge is 0.309 e. The first kappa shape index (κ1) is 20.1. The number of nitrogens with two attached hydrogens (primary N) is 1. The molecule has 1 heterocycles. The molecule has 2 aromatic carbocycles. The van der Waals surface area contributed by atoms with Gasteiger partial charge in [0.15, 0.2) is 0 Å². The largest absolute Gasteiger partial charge is 0.430 e. The Bertz CT molecular complexity index is 816. The highest BCUT2D eigenvalue weighted by Gasteiger charge is 2.21. The van der Waals surface area contributed by atoms with Crippen molar-refractivity contribution in [2.24, 2.45) is 5.84 Å². The van der Waals surface area contributed by atoms with E-state index in [1.807, 2.05) is 30.3 Å². The number of rotatable bonds is 9. The standard InChI is InChI=1S/C20H25BN4O3/c22-25-20(27)18(7-4-10-23-12-14-5-2-1-3-6-14)24-19(26)15-8-9-17-16(11-15)13-28-21-17/h1-3,5-6,8-9,11,18,21,23H,4,7,10,12-13,22H2,(H,24,26)(H,25,27)/t18-/m0/s1. The molecule has 0 spiro atoms. The topological polar surface area (TPSA) is 105 Å². The molecule has 28 heavy (non-hydrogen) atoms. The number of benzene rings is 2. The van der Waals surface area contributed by atoms with Gasteiger partial charge in [0.2, 0.25) is 0 Å². The molecule has 0 saturated heterocycles. The Hall–Kier alpha value is -2.68. The van der Waals surface area contributed by atoms with E-state index in [-0.39, 0.29) is 5.91 Å². The summed E-state index contributed by atoms with van der Waals surface area (Å²) in [6.45, 7) is 2.00. The minimum Gasteiger partial charge on any atom is -0.430 e. The van der Waals surface area contributed by atoms with E-state index in [2.05, 4.69) is 28.2 Å². The van der Waals surface area contributed by atoms with Crippen LogP contribution in [0, 0.1) is 0 Å². The van der Waals surface area contributed by atoms with Crippen LogP contribution in [0.4, 0.5) is 0 Å². The zero-order valence-electron chi connectivity index (χ0n) is 15.7. The Morgan fingerprint density at radius 2 is 2.00 bits per heavy atom. The molecule has 0 aliphatic carbocycles. The van der Waals surface area contributed by atoms with E-state index in [4.69, 9.17) is 10.5 Å². The maximum absolute atomic E-state index is 12.6. The third kappa shape index (κ3) is 5.42. The van der Waals surface area contributed by atoms with Crippen LogP contribution in [-0.4, -0.2) is 31.9 Å². The third-order valence-corrected chi connectivity index (χ3v) is 4.77. The molecular formula is C20H25BN4O3. The van der Waals surface area contributed by atoms with Crippen molar-refractivity contribution in [1.29, 1.82) is 0 Å². The molecule has 8 heteroatoms. The molecule has 7 nitrogen and oxygen atoms in total. The van der Waals surface area contributed by atoms with E-state index < -0.39 is 11.9 Å². The molecule has 5 N–H and O–H groups in total.